The van der Waals surface area contributed by atoms with Crippen LogP contribution in [0, 0.1) is 12.7 Å². The van der Waals surface area contributed by atoms with E-state index in [9.17, 15) is 14.0 Å². The molecule has 1 aliphatic rings. The summed E-state index contributed by atoms with van der Waals surface area (Å²) in [6.07, 6.45) is 0.349. The summed E-state index contributed by atoms with van der Waals surface area (Å²) in [5.74, 6) is 0.120. The number of anilines is 2. The van der Waals surface area contributed by atoms with E-state index >= 15 is 0 Å². The summed E-state index contributed by atoms with van der Waals surface area (Å²) in [6, 6.07) is 11.9. The number of hydrogen-bond donors (Lipinski definition) is 2. The highest BCUT2D eigenvalue weighted by atomic mass is 35.5. The van der Waals surface area contributed by atoms with Crippen LogP contribution in [0.4, 0.5) is 16.0 Å². The molecular weight excluding hydrogens is 539 g/mol. The van der Waals surface area contributed by atoms with E-state index in [0.717, 1.165) is 34.2 Å². The maximum absolute atomic E-state index is 13.8. The van der Waals surface area contributed by atoms with Gasteiger partial charge in [0.15, 0.2) is 0 Å². The first-order valence-electron chi connectivity index (χ1n) is 12.6. The number of fused-ring (bicyclic) bond motifs is 2. The molecule has 0 saturated carbocycles. The van der Waals surface area contributed by atoms with E-state index in [1.54, 1.807) is 30.7 Å². The fourth-order valence-electron chi connectivity index (χ4n) is 4.75. The number of carbonyl (C=O) groups is 1. The van der Waals surface area contributed by atoms with Gasteiger partial charge >= 0.3 is 0 Å². The van der Waals surface area contributed by atoms with Crippen molar-refractivity contribution >= 4 is 52.0 Å². The van der Waals surface area contributed by atoms with Gasteiger partial charge in [-0.1, -0.05) is 30.7 Å². The van der Waals surface area contributed by atoms with E-state index in [-0.39, 0.29) is 23.3 Å². The molecule has 1 amide bonds. The first-order valence-corrected chi connectivity index (χ1v) is 13.8. The minimum Gasteiger partial charge on any atom is -0.376 e. The lowest BCUT2D eigenvalue weighted by Crippen LogP contribution is -2.28. The number of benzene rings is 2. The van der Waals surface area contributed by atoms with Crippen LogP contribution in [-0.4, -0.2) is 20.4 Å². The summed E-state index contributed by atoms with van der Waals surface area (Å²) in [6.45, 7) is 6.70. The number of rotatable bonds is 7. The molecule has 2 aromatic heterocycles. The number of aromatic nitrogens is 3. The normalized spacial score (nSPS) is 13.4. The third kappa shape index (κ3) is 5.44. The zero-order chi connectivity index (χ0) is 27.8. The molecule has 3 heterocycles. The van der Waals surface area contributed by atoms with Gasteiger partial charge in [0.2, 0.25) is 11.9 Å². The molecule has 0 radical (unpaired) electrons. The van der Waals surface area contributed by atoms with E-state index in [1.165, 1.54) is 12.1 Å². The molecule has 11 heteroatoms. The summed E-state index contributed by atoms with van der Waals surface area (Å²) in [5.41, 5.74) is 4.80. The van der Waals surface area contributed by atoms with Crippen LogP contribution in [-0.2, 0) is 24.9 Å². The molecule has 0 fully saturated rings. The predicted molar refractivity (Wildman–Crippen MR) is 154 cm³/mol. The lowest BCUT2D eigenvalue weighted by atomic mass is 10.0. The highest BCUT2D eigenvalue weighted by Gasteiger charge is 2.25. The van der Waals surface area contributed by atoms with Crippen LogP contribution >= 0.6 is 23.5 Å². The van der Waals surface area contributed by atoms with E-state index in [1.807, 2.05) is 36.9 Å². The highest BCUT2D eigenvalue weighted by molar-refractivity contribution is 7.98. The number of aryl methyl sites for hydroxylation is 1. The van der Waals surface area contributed by atoms with Crippen LogP contribution in [0.25, 0.3) is 10.9 Å². The molecule has 4 aromatic rings. The molecule has 0 bridgehead atoms. The Bertz CT molecular complexity index is 1660. The number of carbonyl (C=O) groups excluding carboxylic acids is 1. The molecule has 5 rings (SSSR count). The number of pyridine rings is 1. The van der Waals surface area contributed by atoms with Crippen LogP contribution in [0.2, 0.25) is 5.15 Å². The summed E-state index contributed by atoms with van der Waals surface area (Å²) < 4.78 is 18.1. The Morgan fingerprint density at radius 1 is 1.15 bits per heavy atom. The van der Waals surface area contributed by atoms with Gasteiger partial charge in [-0.25, -0.2) is 14.4 Å². The molecule has 39 heavy (non-hydrogen) atoms. The zero-order valence-corrected chi connectivity index (χ0v) is 23.6. The van der Waals surface area contributed by atoms with Gasteiger partial charge in [-0.2, -0.15) is 0 Å². The molecular formula is C28H28ClFN6O2S. The summed E-state index contributed by atoms with van der Waals surface area (Å²) in [7, 11) is 1.71. The molecule has 1 aliphatic heterocycles. The maximum Gasteiger partial charge on any atom is 0.262 e. The third-order valence-electron chi connectivity index (χ3n) is 6.75. The van der Waals surface area contributed by atoms with Crippen molar-refractivity contribution in [2.24, 2.45) is 7.05 Å². The van der Waals surface area contributed by atoms with E-state index < -0.39 is 0 Å². The molecule has 1 atom stereocenters. The van der Waals surface area contributed by atoms with Gasteiger partial charge in [0, 0.05) is 44.1 Å². The second-order valence-corrected chi connectivity index (χ2v) is 10.8. The quantitative estimate of drug-likeness (QED) is 0.220. The fraction of sp³-hybridized carbons (Fsp3) is 0.286. The molecule has 2 aromatic carbocycles. The number of amides is 1. The zero-order valence-electron chi connectivity index (χ0n) is 22.0. The van der Waals surface area contributed by atoms with Gasteiger partial charge in [0.05, 0.1) is 22.6 Å². The van der Waals surface area contributed by atoms with Gasteiger partial charge in [-0.05, 0) is 60.9 Å². The fourth-order valence-corrected chi connectivity index (χ4v) is 5.69. The van der Waals surface area contributed by atoms with Crippen molar-refractivity contribution < 1.29 is 9.18 Å². The Morgan fingerprint density at radius 3 is 2.69 bits per heavy atom. The van der Waals surface area contributed by atoms with Crippen molar-refractivity contribution in [3.63, 3.8) is 0 Å². The molecule has 0 spiro atoms. The van der Waals surface area contributed by atoms with Gasteiger partial charge in [-0.15, -0.1) is 0 Å². The number of nitrogens with zero attached hydrogens (tertiary/aromatic N) is 4. The van der Waals surface area contributed by atoms with Crippen LogP contribution in [0.3, 0.4) is 0 Å². The average Bonchev–Trinajstić information content (AvgIpc) is 3.33. The largest absolute Gasteiger partial charge is 0.376 e. The molecule has 2 N–H and O–H groups in total. The second kappa shape index (κ2) is 10.9. The SMILES string of the molecule is CCC(=O)NSc1nc(Cl)ccc1NC(C)c1cc(C)cc2c(=O)n(C)c(N3Cc4ccc(F)cc4C3)nc12. The van der Waals surface area contributed by atoms with E-state index in [0.29, 0.717) is 52.2 Å². The topological polar surface area (TPSA) is 92.2 Å². The lowest BCUT2D eigenvalue weighted by Gasteiger charge is -2.23. The number of halogens is 2. The summed E-state index contributed by atoms with van der Waals surface area (Å²) in [4.78, 5) is 36.7. The summed E-state index contributed by atoms with van der Waals surface area (Å²) in [5, 5.41) is 4.82. The molecule has 1 unspecified atom stereocenters. The van der Waals surface area contributed by atoms with Crippen molar-refractivity contribution in [1.82, 2.24) is 19.3 Å². The minimum absolute atomic E-state index is 0.121. The van der Waals surface area contributed by atoms with Crippen molar-refractivity contribution in [3.05, 3.63) is 86.0 Å². The van der Waals surface area contributed by atoms with Crippen LogP contribution in [0.5, 0.6) is 0 Å². The lowest BCUT2D eigenvalue weighted by molar-refractivity contribution is -0.118. The Morgan fingerprint density at radius 2 is 1.92 bits per heavy atom. The minimum atomic E-state index is -0.280. The Balaban J connectivity index is 1.53. The first-order chi connectivity index (χ1) is 18.6. The summed E-state index contributed by atoms with van der Waals surface area (Å²) >= 11 is 7.23. The Labute approximate surface area is 234 Å². The average molecular weight is 567 g/mol. The Kier molecular flexibility index (Phi) is 7.51. The van der Waals surface area contributed by atoms with Crippen molar-refractivity contribution in [3.8, 4) is 0 Å². The van der Waals surface area contributed by atoms with Crippen molar-refractivity contribution in [2.75, 3.05) is 10.2 Å². The number of nitrogens with one attached hydrogen (secondary N) is 2. The van der Waals surface area contributed by atoms with Gasteiger partial charge in [-0.3, -0.25) is 18.9 Å². The van der Waals surface area contributed by atoms with Gasteiger partial charge < -0.3 is 10.2 Å². The maximum atomic E-state index is 13.8. The van der Waals surface area contributed by atoms with Crippen LogP contribution < -0.4 is 20.5 Å². The molecule has 202 valence electrons. The number of hydrogen-bond acceptors (Lipinski definition) is 7. The first kappa shape index (κ1) is 27.0. The Hall–Kier alpha value is -3.63. The standard InChI is InChI=1S/C28H28ClFN6O2S/c1-5-24(37)34-39-26-22(8-9-23(29)32-26)31-16(3)20-10-15(2)11-21-25(20)33-28(35(4)27(21)38)36-13-17-6-7-19(30)12-18(17)14-36/h6-12,16,31H,5,13-14H2,1-4H3,(H,34,37). The van der Waals surface area contributed by atoms with E-state index in [2.05, 4.69) is 15.0 Å². The molecule has 0 aliphatic carbocycles. The third-order valence-corrected chi connectivity index (χ3v) is 7.80. The monoisotopic (exact) mass is 566 g/mol. The van der Waals surface area contributed by atoms with Gasteiger partial charge in [0.25, 0.3) is 5.56 Å². The van der Waals surface area contributed by atoms with Gasteiger partial charge in [0.1, 0.15) is 16.0 Å². The van der Waals surface area contributed by atoms with Crippen LogP contribution in [0.1, 0.15) is 48.6 Å². The van der Waals surface area contributed by atoms with Crippen molar-refractivity contribution in [2.45, 2.75) is 51.3 Å². The van der Waals surface area contributed by atoms with Crippen molar-refractivity contribution in [1.29, 1.82) is 0 Å². The van der Waals surface area contributed by atoms with Crippen LogP contribution in [0.15, 0.2) is 52.3 Å². The molecule has 0 saturated heterocycles. The highest BCUT2D eigenvalue weighted by Crippen LogP contribution is 2.33. The second-order valence-electron chi connectivity index (χ2n) is 9.63. The predicted octanol–water partition coefficient (Wildman–Crippen LogP) is 5.66. The molecule has 8 nitrogen and oxygen atoms in total. The smallest absolute Gasteiger partial charge is 0.262 e. The van der Waals surface area contributed by atoms with E-state index in [4.69, 9.17) is 16.6 Å².